The molecule has 1 aromatic heterocycles. The van der Waals surface area contributed by atoms with Crippen molar-refractivity contribution in [2.24, 2.45) is 5.10 Å². The molecule has 0 fully saturated rings. The van der Waals surface area contributed by atoms with Gasteiger partial charge in [0.05, 0.1) is 18.4 Å². The van der Waals surface area contributed by atoms with Crippen LogP contribution in [0.3, 0.4) is 0 Å². The van der Waals surface area contributed by atoms with Gasteiger partial charge in [0, 0.05) is 10.4 Å². The second-order valence-electron chi connectivity index (χ2n) is 11.0. The molecule has 238 valence electrons. The highest BCUT2D eigenvalue weighted by molar-refractivity contribution is 7.17. The quantitative estimate of drug-likeness (QED) is 0.0994. The third-order valence-electron chi connectivity index (χ3n) is 7.47. The van der Waals surface area contributed by atoms with Gasteiger partial charge in [-0.3, -0.25) is 9.59 Å². The SMILES string of the molecule is CCOC(=O)c1c(NC(=O)c2ccc(O[C@H](C)C(=O)N/N=C\c3ccc(OCc4ccc(C)cc4)cc3)cc2)sc2c1CCCC2. The van der Waals surface area contributed by atoms with Gasteiger partial charge < -0.3 is 19.5 Å². The fourth-order valence-electron chi connectivity index (χ4n) is 4.95. The van der Waals surface area contributed by atoms with Gasteiger partial charge in [-0.2, -0.15) is 5.10 Å². The topological polar surface area (TPSA) is 115 Å². The van der Waals surface area contributed by atoms with E-state index in [9.17, 15) is 14.4 Å². The molecule has 0 saturated heterocycles. The zero-order valence-corrected chi connectivity index (χ0v) is 26.9. The zero-order valence-electron chi connectivity index (χ0n) is 26.1. The Morgan fingerprint density at radius 1 is 0.935 bits per heavy atom. The summed E-state index contributed by atoms with van der Waals surface area (Å²) in [5.74, 6) is -0.0252. The molecule has 1 heterocycles. The van der Waals surface area contributed by atoms with E-state index < -0.39 is 18.0 Å². The van der Waals surface area contributed by atoms with E-state index in [0.717, 1.165) is 53.0 Å². The smallest absolute Gasteiger partial charge is 0.341 e. The fourth-order valence-corrected chi connectivity index (χ4v) is 6.23. The van der Waals surface area contributed by atoms with Crippen molar-refractivity contribution in [3.05, 3.63) is 111 Å². The van der Waals surface area contributed by atoms with Crippen molar-refractivity contribution in [2.45, 2.75) is 59.2 Å². The minimum Gasteiger partial charge on any atom is -0.489 e. The van der Waals surface area contributed by atoms with Gasteiger partial charge in [0.2, 0.25) is 0 Å². The Bertz CT molecular complexity index is 1700. The second kappa shape index (κ2) is 15.4. The number of aryl methyl sites for hydroxylation is 2. The maximum absolute atomic E-state index is 13.1. The summed E-state index contributed by atoms with van der Waals surface area (Å²) in [6, 6.07) is 22.0. The largest absolute Gasteiger partial charge is 0.489 e. The van der Waals surface area contributed by atoms with E-state index in [1.165, 1.54) is 16.9 Å². The molecule has 0 spiro atoms. The Balaban J connectivity index is 1.10. The summed E-state index contributed by atoms with van der Waals surface area (Å²) in [4.78, 5) is 39.5. The van der Waals surface area contributed by atoms with E-state index >= 15 is 0 Å². The number of rotatable bonds is 12. The minimum absolute atomic E-state index is 0.264. The molecule has 2 N–H and O–H groups in total. The lowest BCUT2D eigenvalue weighted by atomic mass is 9.95. The molecule has 2 amide bonds. The van der Waals surface area contributed by atoms with Gasteiger partial charge in [-0.1, -0.05) is 29.8 Å². The van der Waals surface area contributed by atoms with Crippen LogP contribution in [0.25, 0.3) is 0 Å². The monoisotopic (exact) mass is 639 g/mol. The Kier molecular flexibility index (Phi) is 10.8. The second-order valence-corrected chi connectivity index (χ2v) is 12.1. The maximum atomic E-state index is 13.1. The first-order valence-corrected chi connectivity index (χ1v) is 16.1. The highest BCUT2D eigenvalue weighted by Gasteiger charge is 2.27. The molecule has 1 atom stereocenters. The summed E-state index contributed by atoms with van der Waals surface area (Å²) in [5, 5.41) is 7.46. The van der Waals surface area contributed by atoms with Crippen LogP contribution in [-0.4, -0.2) is 36.7 Å². The standard InChI is InChI=1S/C36H37N3O6S/c1-4-43-36(42)32-30-7-5-6-8-31(30)46-35(32)38-34(41)27-15-19-29(20-16-27)45-24(3)33(40)39-37-21-25-13-17-28(18-14-25)44-22-26-11-9-23(2)10-12-26/h9-21,24H,4-8,22H2,1-3H3,(H,38,41)(H,39,40)/b37-21-/t24-/m1/s1. The highest BCUT2D eigenvalue weighted by Crippen LogP contribution is 2.39. The number of hydrazone groups is 1. The summed E-state index contributed by atoms with van der Waals surface area (Å²) < 4.78 is 16.9. The Hall–Kier alpha value is -4.96. The molecule has 10 heteroatoms. The van der Waals surface area contributed by atoms with Crippen LogP contribution in [0.4, 0.5) is 5.00 Å². The summed E-state index contributed by atoms with van der Waals surface area (Å²) in [6.07, 6.45) is 4.47. The number of benzene rings is 3. The predicted octanol–water partition coefficient (Wildman–Crippen LogP) is 6.86. The van der Waals surface area contributed by atoms with Gasteiger partial charge in [-0.25, -0.2) is 10.2 Å². The molecular formula is C36H37N3O6S. The number of anilines is 1. The van der Waals surface area contributed by atoms with Crippen molar-refractivity contribution in [3.8, 4) is 11.5 Å². The molecule has 46 heavy (non-hydrogen) atoms. The van der Waals surface area contributed by atoms with Crippen LogP contribution in [0.5, 0.6) is 11.5 Å². The van der Waals surface area contributed by atoms with Crippen LogP contribution >= 0.6 is 11.3 Å². The van der Waals surface area contributed by atoms with Crippen molar-refractivity contribution in [1.29, 1.82) is 0 Å². The molecule has 0 radical (unpaired) electrons. The summed E-state index contributed by atoms with van der Waals surface area (Å²) in [7, 11) is 0. The molecule has 3 aromatic carbocycles. The van der Waals surface area contributed by atoms with Gasteiger partial charge >= 0.3 is 5.97 Å². The minimum atomic E-state index is -0.834. The van der Waals surface area contributed by atoms with Gasteiger partial charge in [0.15, 0.2) is 6.10 Å². The number of amides is 2. The van der Waals surface area contributed by atoms with Gasteiger partial charge in [0.25, 0.3) is 11.8 Å². The summed E-state index contributed by atoms with van der Waals surface area (Å²) in [5.41, 5.74) is 7.43. The Labute approximate surface area is 272 Å². The lowest BCUT2D eigenvalue weighted by molar-refractivity contribution is -0.127. The van der Waals surface area contributed by atoms with E-state index in [4.69, 9.17) is 14.2 Å². The highest BCUT2D eigenvalue weighted by atomic mass is 32.1. The molecule has 0 unspecified atom stereocenters. The van der Waals surface area contributed by atoms with Crippen molar-refractivity contribution in [3.63, 3.8) is 0 Å². The molecule has 1 aliphatic carbocycles. The molecule has 0 saturated carbocycles. The number of hydrogen-bond donors (Lipinski definition) is 2. The predicted molar refractivity (Wildman–Crippen MR) is 179 cm³/mol. The van der Waals surface area contributed by atoms with Crippen molar-refractivity contribution in [2.75, 3.05) is 11.9 Å². The maximum Gasteiger partial charge on any atom is 0.341 e. The van der Waals surface area contributed by atoms with Crippen molar-refractivity contribution < 1.29 is 28.6 Å². The van der Waals surface area contributed by atoms with Crippen LogP contribution in [0.15, 0.2) is 77.9 Å². The Morgan fingerprint density at radius 2 is 1.63 bits per heavy atom. The molecule has 1 aliphatic rings. The fraction of sp³-hybridized carbons (Fsp3) is 0.278. The molecule has 0 bridgehead atoms. The Morgan fingerprint density at radius 3 is 2.35 bits per heavy atom. The number of fused-ring (bicyclic) bond motifs is 1. The number of thiophene rings is 1. The molecule has 0 aliphatic heterocycles. The summed E-state index contributed by atoms with van der Waals surface area (Å²) >= 11 is 1.44. The number of nitrogens with zero attached hydrogens (tertiary/aromatic N) is 1. The molecule has 9 nitrogen and oxygen atoms in total. The lowest BCUT2D eigenvalue weighted by Crippen LogP contribution is -2.33. The third-order valence-corrected chi connectivity index (χ3v) is 8.68. The average Bonchev–Trinajstić information content (AvgIpc) is 3.43. The average molecular weight is 640 g/mol. The van der Waals surface area contributed by atoms with E-state index in [-0.39, 0.29) is 12.5 Å². The van der Waals surface area contributed by atoms with Crippen LogP contribution in [0, 0.1) is 6.92 Å². The van der Waals surface area contributed by atoms with Crippen LogP contribution < -0.4 is 20.2 Å². The number of hydrogen-bond acceptors (Lipinski definition) is 8. The van der Waals surface area contributed by atoms with E-state index in [1.807, 2.05) is 43.3 Å². The van der Waals surface area contributed by atoms with E-state index in [1.54, 1.807) is 44.3 Å². The van der Waals surface area contributed by atoms with Gasteiger partial charge in [0.1, 0.15) is 23.1 Å². The molecular weight excluding hydrogens is 602 g/mol. The number of carbonyl (C=O) groups is 3. The number of ether oxygens (including phenoxy) is 3. The van der Waals surface area contributed by atoms with Gasteiger partial charge in [-0.05, 0) is 112 Å². The zero-order chi connectivity index (χ0) is 32.5. The van der Waals surface area contributed by atoms with Gasteiger partial charge in [-0.15, -0.1) is 11.3 Å². The van der Waals surface area contributed by atoms with Crippen molar-refractivity contribution in [1.82, 2.24) is 5.43 Å². The first-order chi connectivity index (χ1) is 22.3. The first-order valence-electron chi connectivity index (χ1n) is 15.3. The normalized spacial score (nSPS) is 13.0. The van der Waals surface area contributed by atoms with Crippen LogP contribution in [0.1, 0.15) is 74.5 Å². The van der Waals surface area contributed by atoms with E-state index in [0.29, 0.717) is 28.5 Å². The molecule has 4 aromatic rings. The van der Waals surface area contributed by atoms with Crippen molar-refractivity contribution >= 4 is 40.3 Å². The summed E-state index contributed by atoms with van der Waals surface area (Å²) in [6.45, 7) is 6.17. The van der Waals surface area contributed by atoms with Crippen LogP contribution in [0.2, 0.25) is 0 Å². The third kappa shape index (κ3) is 8.39. The van der Waals surface area contributed by atoms with Crippen LogP contribution in [-0.2, 0) is 29.0 Å². The number of nitrogens with one attached hydrogen (secondary N) is 2. The number of carbonyl (C=O) groups excluding carboxylic acids is 3. The molecule has 5 rings (SSSR count). The first kappa shape index (κ1) is 32.4. The number of esters is 1. The van der Waals surface area contributed by atoms with E-state index in [2.05, 4.69) is 28.0 Å². The lowest BCUT2D eigenvalue weighted by Gasteiger charge is -2.13.